The van der Waals surface area contributed by atoms with Crippen molar-refractivity contribution in [3.63, 3.8) is 0 Å². The van der Waals surface area contributed by atoms with Crippen molar-refractivity contribution in [1.29, 1.82) is 0 Å². The molecule has 0 spiro atoms. The normalized spacial score (nSPS) is 26.6. The summed E-state index contributed by atoms with van der Waals surface area (Å²) < 4.78 is 28.8. The fourth-order valence-corrected chi connectivity index (χ4v) is 5.87. The number of aromatic nitrogens is 3. The fourth-order valence-electron chi connectivity index (χ4n) is 5.14. The number of hydrogen-bond acceptors (Lipinski definition) is 6. The van der Waals surface area contributed by atoms with E-state index in [9.17, 15) is 9.00 Å². The van der Waals surface area contributed by atoms with Crippen LogP contribution in [-0.4, -0.2) is 73.7 Å². The Labute approximate surface area is 210 Å². The van der Waals surface area contributed by atoms with E-state index in [1.165, 1.54) is 0 Å². The first kappa shape index (κ1) is 26.0. The van der Waals surface area contributed by atoms with Crippen LogP contribution in [0.25, 0.3) is 10.9 Å². The zero-order valence-electron chi connectivity index (χ0n) is 21.5. The Morgan fingerprint density at radius 2 is 1.94 bits per heavy atom. The molecule has 2 aromatic rings. The molecule has 3 atom stereocenters. The van der Waals surface area contributed by atoms with Crippen LogP contribution in [0.1, 0.15) is 64.5 Å². The van der Waals surface area contributed by atoms with Crippen molar-refractivity contribution in [3.05, 3.63) is 24.2 Å². The lowest BCUT2D eigenvalue weighted by molar-refractivity contribution is -0.0244. The summed E-state index contributed by atoms with van der Waals surface area (Å²) in [7, 11) is 0.816. The summed E-state index contributed by atoms with van der Waals surface area (Å²) in [5.41, 5.74) is 1.66. The second kappa shape index (κ2) is 10.9. The summed E-state index contributed by atoms with van der Waals surface area (Å²) in [5.74, 6) is 0.501. The Morgan fingerprint density at radius 3 is 2.63 bits per heavy atom. The molecule has 4 rings (SSSR count). The van der Waals surface area contributed by atoms with Crippen molar-refractivity contribution in [1.82, 2.24) is 24.4 Å². The lowest BCUT2D eigenvalue weighted by Crippen LogP contribution is -2.53. The number of rotatable bonds is 6. The first-order valence-electron chi connectivity index (χ1n) is 12.6. The molecule has 1 saturated carbocycles. The quantitative estimate of drug-likeness (QED) is 0.645. The molecule has 1 N–H and O–H groups in total. The summed E-state index contributed by atoms with van der Waals surface area (Å²) in [5, 5.41) is 5.45. The molecule has 2 aromatic heterocycles. The topological polar surface area (TPSA) is 98.6 Å². The number of carbonyl (C=O) groups excluding carboxylic acids is 1. The SMILES string of the molecule is Cn1ncc2cc(C3CCC(OCC4CN(C(=O)OC(C)(C)C)CCC4NS(C)=O)CC3)ncc21. The number of nitrogens with one attached hydrogen (secondary N) is 1. The number of hydrogen-bond donors (Lipinski definition) is 1. The minimum atomic E-state index is -1.12. The molecular weight excluding hydrogens is 466 g/mol. The molecular formula is C25H39N5O4S. The van der Waals surface area contributed by atoms with Gasteiger partial charge in [-0.2, -0.15) is 5.10 Å². The third kappa shape index (κ3) is 6.80. The number of ether oxygens (including phenoxy) is 2. The average molecular weight is 506 g/mol. The van der Waals surface area contributed by atoms with Gasteiger partial charge in [0.25, 0.3) is 0 Å². The predicted molar refractivity (Wildman–Crippen MR) is 136 cm³/mol. The molecule has 0 bridgehead atoms. The number of likely N-dealkylation sites (tertiary alicyclic amines) is 1. The van der Waals surface area contributed by atoms with Gasteiger partial charge >= 0.3 is 6.09 Å². The van der Waals surface area contributed by atoms with Gasteiger partial charge in [0.2, 0.25) is 0 Å². The van der Waals surface area contributed by atoms with Crippen LogP contribution >= 0.6 is 0 Å². The standard InChI is InChI=1S/C25H39N5O4S/c1-25(2,3)34-24(31)30-11-10-21(28-35(5)32)19(15-30)16-33-20-8-6-17(7-9-20)22-12-18-13-27-29(4)23(18)14-26-22/h12-14,17,19-21,28H,6-11,15-16H2,1-5H3. The predicted octanol–water partition coefficient (Wildman–Crippen LogP) is 3.52. The number of fused-ring (bicyclic) bond motifs is 1. The van der Waals surface area contributed by atoms with Gasteiger partial charge < -0.3 is 14.4 Å². The lowest BCUT2D eigenvalue weighted by atomic mass is 9.84. The fraction of sp³-hybridized carbons (Fsp3) is 0.720. The molecule has 194 valence electrons. The summed E-state index contributed by atoms with van der Waals surface area (Å²) in [6.07, 6.45) is 10.1. The van der Waals surface area contributed by atoms with E-state index in [1.54, 1.807) is 11.2 Å². The van der Waals surface area contributed by atoms with Crippen LogP contribution in [-0.2, 0) is 27.5 Å². The molecule has 1 aliphatic carbocycles. The number of piperidine rings is 1. The Morgan fingerprint density at radius 1 is 1.20 bits per heavy atom. The van der Waals surface area contributed by atoms with E-state index in [2.05, 4.69) is 15.9 Å². The molecule has 0 radical (unpaired) electrons. The Hall–Kier alpha value is -2.04. The highest BCUT2D eigenvalue weighted by atomic mass is 32.2. The maximum absolute atomic E-state index is 12.6. The van der Waals surface area contributed by atoms with Crippen LogP contribution in [0.5, 0.6) is 0 Å². The summed E-state index contributed by atoms with van der Waals surface area (Å²) in [6.45, 7) is 7.28. The number of carbonyl (C=O) groups is 1. The number of amides is 1. The molecule has 35 heavy (non-hydrogen) atoms. The van der Waals surface area contributed by atoms with E-state index in [0.29, 0.717) is 25.6 Å². The third-order valence-corrected chi connectivity index (χ3v) is 7.63. The molecule has 1 aliphatic heterocycles. The first-order chi connectivity index (χ1) is 16.6. The maximum Gasteiger partial charge on any atom is 0.410 e. The maximum atomic E-state index is 12.6. The van der Waals surface area contributed by atoms with Gasteiger partial charge in [0.1, 0.15) is 5.60 Å². The monoisotopic (exact) mass is 505 g/mol. The molecule has 9 nitrogen and oxygen atoms in total. The van der Waals surface area contributed by atoms with E-state index in [-0.39, 0.29) is 24.2 Å². The van der Waals surface area contributed by atoms with Crippen LogP contribution in [0.3, 0.4) is 0 Å². The van der Waals surface area contributed by atoms with Crippen molar-refractivity contribution >= 4 is 28.0 Å². The Balaban J connectivity index is 1.31. The molecule has 3 unspecified atom stereocenters. The largest absolute Gasteiger partial charge is 0.444 e. The lowest BCUT2D eigenvalue weighted by Gasteiger charge is -2.39. The van der Waals surface area contributed by atoms with Crippen LogP contribution in [0.15, 0.2) is 18.5 Å². The van der Waals surface area contributed by atoms with E-state index >= 15 is 0 Å². The van der Waals surface area contributed by atoms with Gasteiger partial charge in [-0.1, -0.05) is 0 Å². The minimum Gasteiger partial charge on any atom is -0.444 e. The van der Waals surface area contributed by atoms with Gasteiger partial charge in [-0.3, -0.25) is 9.67 Å². The van der Waals surface area contributed by atoms with Crippen LogP contribution in [0.2, 0.25) is 0 Å². The van der Waals surface area contributed by atoms with Gasteiger partial charge in [-0.05, 0) is 58.9 Å². The number of nitrogens with zero attached hydrogens (tertiary/aromatic N) is 4. The molecule has 1 saturated heterocycles. The Bertz CT molecular complexity index is 1040. The van der Waals surface area contributed by atoms with E-state index < -0.39 is 16.6 Å². The number of aryl methyl sites for hydroxylation is 1. The highest BCUT2D eigenvalue weighted by Gasteiger charge is 2.35. The molecule has 0 aromatic carbocycles. The number of pyridine rings is 1. The van der Waals surface area contributed by atoms with Gasteiger partial charge in [0, 0.05) is 55.4 Å². The van der Waals surface area contributed by atoms with Gasteiger partial charge in [-0.15, -0.1) is 0 Å². The smallest absolute Gasteiger partial charge is 0.410 e. The molecule has 3 heterocycles. The zero-order valence-corrected chi connectivity index (χ0v) is 22.3. The second-order valence-electron chi connectivity index (χ2n) is 10.9. The van der Waals surface area contributed by atoms with E-state index in [0.717, 1.165) is 48.7 Å². The first-order valence-corrected chi connectivity index (χ1v) is 14.1. The molecule has 2 aliphatic rings. The minimum absolute atomic E-state index is 0.0475. The highest BCUT2D eigenvalue weighted by molar-refractivity contribution is 7.82. The highest BCUT2D eigenvalue weighted by Crippen LogP contribution is 2.34. The van der Waals surface area contributed by atoms with Gasteiger partial charge in [-0.25, -0.2) is 13.7 Å². The van der Waals surface area contributed by atoms with Crippen molar-refractivity contribution in [2.75, 3.05) is 26.0 Å². The molecule has 10 heteroatoms. The average Bonchev–Trinajstić information content (AvgIpc) is 3.17. The zero-order chi connectivity index (χ0) is 25.2. The summed E-state index contributed by atoms with van der Waals surface area (Å²) >= 11 is 0. The van der Waals surface area contributed by atoms with E-state index in [4.69, 9.17) is 14.5 Å². The summed E-state index contributed by atoms with van der Waals surface area (Å²) in [6, 6.07) is 2.22. The van der Waals surface area contributed by atoms with Crippen molar-refractivity contribution in [3.8, 4) is 0 Å². The molecule has 1 amide bonds. The van der Waals surface area contributed by atoms with Crippen molar-refractivity contribution in [2.45, 2.75) is 76.5 Å². The van der Waals surface area contributed by atoms with Crippen molar-refractivity contribution in [2.24, 2.45) is 13.0 Å². The van der Waals surface area contributed by atoms with Crippen LogP contribution in [0.4, 0.5) is 4.79 Å². The summed E-state index contributed by atoms with van der Waals surface area (Å²) in [4.78, 5) is 19.1. The van der Waals surface area contributed by atoms with Crippen LogP contribution in [0, 0.1) is 5.92 Å². The molecule has 2 fully saturated rings. The van der Waals surface area contributed by atoms with Gasteiger partial charge in [0.05, 0.1) is 41.6 Å². The van der Waals surface area contributed by atoms with Crippen molar-refractivity contribution < 1.29 is 18.5 Å². The van der Waals surface area contributed by atoms with Gasteiger partial charge in [0.15, 0.2) is 0 Å². The van der Waals surface area contributed by atoms with Crippen LogP contribution < -0.4 is 4.72 Å². The second-order valence-corrected chi connectivity index (χ2v) is 12.0. The van der Waals surface area contributed by atoms with E-state index in [1.807, 2.05) is 44.9 Å². The third-order valence-electron chi connectivity index (χ3n) is 7.00. The Kier molecular flexibility index (Phi) is 8.12.